The summed E-state index contributed by atoms with van der Waals surface area (Å²) >= 11 is 0. The maximum atomic E-state index is 12.9. The SMILES string of the molecule is CC1(C)[C@H]2CC[C@@]13CS(=O)(=O)N(C1=CC=CCC=C1)[C@H]3C2. The van der Waals surface area contributed by atoms with Crippen LogP contribution in [0.2, 0.25) is 0 Å². The van der Waals surface area contributed by atoms with Crippen molar-refractivity contribution >= 4 is 10.0 Å². The predicted molar refractivity (Wildman–Crippen MR) is 83.9 cm³/mol. The highest BCUT2D eigenvalue weighted by Crippen LogP contribution is 2.70. The van der Waals surface area contributed by atoms with Crippen LogP contribution in [-0.2, 0) is 10.0 Å². The maximum Gasteiger partial charge on any atom is 0.236 e. The lowest BCUT2D eigenvalue weighted by Crippen LogP contribution is -2.41. The van der Waals surface area contributed by atoms with E-state index in [-0.39, 0.29) is 16.9 Å². The van der Waals surface area contributed by atoms with E-state index in [1.54, 1.807) is 4.31 Å². The fourth-order valence-electron chi connectivity index (χ4n) is 5.34. The molecule has 2 saturated carbocycles. The quantitative estimate of drug-likeness (QED) is 0.746. The molecule has 1 heterocycles. The average Bonchev–Trinajstić information content (AvgIpc) is 2.74. The van der Waals surface area contributed by atoms with E-state index in [2.05, 4.69) is 19.9 Å². The van der Waals surface area contributed by atoms with Crippen molar-refractivity contribution in [3.63, 3.8) is 0 Å². The monoisotopic (exact) mass is 305 g/mol. The Morgan fingerprint density at radius 2 is 2.10 bits per heavy atom. The number of hydrogen-bond acceptors (Lipinski definition) is 2. The van der Waals surface area contributed by atoms with Crippen LogP contribution in [0.4, 0.5) is 0 Å². The molecule has 3 atom stereocenters. The van der Waals surface area contributed by atoms with Crippen LogP contribution in [-0.4, -0.2) is 24.5 Å². The van der Waals surface area contributed by atoms with E-state index in [1.165, 1.54) is 6.42 Å². The Hall–Kier alpha value is -1.03. The minimum Gasteiger partial charge on any atom is -0.267 e. The lowest BCUT2D eigenvalue weighted by atomic mass is 9.69. The Morgan fingerprint density at radius 1 is 1.29 bits per heavy atom. The number of hydrogen-bond donors (Lipinski definition) is 0. The molecule has 3 aliphatic carbocycles. The summed E-state index contributed by atoms with van der Waals surface area (Å²) in [5.41, 5.74) is 0.958. The van der Waals surface area contributed by atoms with Gasteiger partial charge in [-0.1, -0.05) is 32.1 Å². The highest BCUT2D eigenvalue weighted by Gasteiger charge is 2.71. The van der Waals surface area contributed by atoms with Crippen LogP contribution >= 0.6 is 0 Å². The molecule has 0 aromatic rings. The van der Waals surface area contributed by atoms with Crippen molar-refractivity contribution in [1.29, 1.82) is 0 Å². The van der Waals surface area contributed by atoms with Gasteiger partial charge >= 0.3 is 0 Å². The molecule has 1 spiro atoms. The molecule has 4 heteroatoms. The first kappa shape index (κ1) is 13.6. The second-order valence-corrected chi connectivity index (χ2v) is 9.42. The molecule has 0 N–H and O–H groups in total. The highest BCUT2D eigenvalue weighted by molar-refractivity contribution is 7.89. The Labute approximate surface area is 127 Å². The summed E-state index contributed by atoms with van der Waals surface area (Å²) in [4.78, 5) is 0. The van der Waals surface area contributed by atoms with Crippen LogP contribution in [0.5, 0.6) is 0 Å². The Kier molecular flexibility index (Phi) is 2.62. The predicted octanol–water partition coefficient (Wildman–Crippen LogP) is 3.23. The zero-order valence-corrected chi connectivity index (χ0v) is 13.6. The molecule has 0 unspecified atom stereocenters. The van der Waals surface area contributed by atoms with Gasteiger partial charge in [-0.25, -0.2) is 8.42 Å². The van der Waals surface area contributed by atoms with Crippen LogP contribution in [0.1, 0.15) is 39.5 Å². The first-order chi connectivity index (χ1) is 9.88. The van der Waals surface area contributed by atoms with Gasteiger partial charge in [-0.15, -0.1) is 0 Å². The van der Waals surface area contributed by atoms with E-state index < -0.39 is 10.0 Å². The molecular formula is C17H23NO2S. The zero-order valence-electron chi connectivity index (χ0n) is 12.7. The average molecular weight is 305 g/mol. The van der Waals surface area contributed by atoms with E-state index in [9.17, 15) is 8.42 Å². The van der Waals surface area contributed by atoms with Crippen LogP contribution in [0.15, 0.2) is 36.1 Å². The van der Waals surface area contributed by atoms with Crippen molar-refractivity contribution in [3.8, 4) is 0 Å². The Bertz CT molecular complexity index is 671. The number of sulfonamides is 1. The van der Waals surface area contributed by atoms with Crippen molar-refractivity contribution in [1.82, 2.24) is 4.31 Å². The van der Waals surface area contributed by atoms with Gasteiger partial charge in [0.1, 0.15) is 0 Å². The molecule has 4 aliphatic rings. The second-order valence-electron chi connectivity index (χ2n) is 7.57. The highest BCUT2D eigenvalue weighted by atomic mass is 32.2. The molecule has 0 aromatic carbocycles. The van der Waals surface area contributed by atoms with E-state index in [0.29, 0.717) is 11.7 Å². The number of fused-ring (bicyclic) bond motifs is 1. The molecule has 0 amide bonds. The molecule has 1 aliphatic heterocycles. The standard InChI is InChI=1S/C17H23NO2S/c1-16(2)13-9-10-17(16)12-21(19,20)18(15(17)11-13)14-7-5-3-4-6-8-14/h3,5-8,13,15H,4,9-12H2,1-2H3/t13-,15-,17-/m0/s1. The zero-order chi connectivity index (χ0) is 14.9. The fourth-order valence-corrected chi connectivity index (χ4v) is 7.96. The summed E-state index contributed by atoms with van der Waals surface area (Å²) < 4.78 is 27.5. The first-order valence-electron chi connectivity index (χ1n) is 7.94. The summed E-state index contributed by atoms with van der Waals surface area (Å²) in [6.07, 6.45) is 14.2. The normalized spacial score (nSPS) is 42.0. The minimum atomic E-state index is -3.20. The second kappa shape index (κ2) is 4.03. The van der Waals surface area contributed by atoms with Gasteiger partial charge in [-0.05, 0) is 49.2 Å². The van der Waals surface area contributed by atoms with Gasteiger partial charge in [0.05, 0.1) is 17.5 Å². The minimum absolute atomic E-state index is 0.0405. The maximum absolute atomic E-state index is 12.9. The summed E-state index contributed by atoms with van der Waals surface area (Å²) in [7, 11) is -3.20. The summed E-state index contributed by atoms with van der Waals surface area (Å²) in [5.74, 6) is 1.01. The lowest BCUT2D eigenvalue weighted by molar-refractivity contribution is 0.124. The van der Waals surface area contributed by atoms with E-state index in [1.807, 2.05) is 24.3 Å². The number of nitrogens with zero attached hydrogens (tertiary/aromatic N) is 1. The van der Waals surface area contributed by atoms with Crippen molar-refractivity contribution in [3.05, 3.63) is 36.1 Å². The van der Waals surface area contributed by atoms with Crippen LogP contribution in [0, 0.1) is 16.7 Å². The van der Waals surface area contributed by atoms with E-state index in [0.717, 1.165) is 25.0 Å². The summed E-state index contributed by atoms with van der Waals surface area (Å²) in [6, 6.07) is 0.165. The van der Waals surface area contributed by atoms with Gasteiger partial charge in [-0.2, -0.15) is 0 Å². The third-order valence-corrected chi connectivity index (χ3v) is 8.57. The molecule has 0 aromatic heterocycles. The molecule has 0 radical (unpaired) electrons. The number of allylic oxidation sites excluding steroid dienone is 5. The third-order valence-electron chi connectivity index (χ3n) is 6.63. The molecule has 21 heavy (non-hydrogen) atoms. The van der Waals surface area contributed by atoms with E-state index in [4.69, 9.17) is 0 Å². The molecule has 2 bridgehead atoms. The van der Waals surface area contributed by atoms with Gasteiger partial charge in [0.2, 0.25) is 10.0 Å². The van der Waals surface area contributed by atoms with Gasteiger partial charge in [0, 0.05) is 5.41 Å². The van der Waals surface area contributed by atoms with Crippen molar-refractivity contribution in [2.45, 2.75) is 45.6 Å². The van der Waals surface area contributed by atoms with Crippen molar-refractivity contribution < 1.29 is 8.42 Å². The third kappa shape index (κ3) is 1.57. The summed E-state index contributed by atoms with van der Waals surface area (Å²) in [6.45, 7) is 4.59. The Morgan fingerprint density at radius 3 is 2.86 bits per heavy atom. The van der Waals surface area contributed by atoms with Gasteiger partial charge in [-0.3, -0.25) is 4.31 Å². The van der Waals surface area contributed by atoms with Crippen LogP contribution < -0.4 is 0 Å². The van der Waals surface area contributed by atoms with Gasteiger partial charge in [0.25, 0.3) is 0 Å². The molecule has 3 fully saturated rings. The smallest absolute Gasteiger partial charge is 0.236 e. The molecule has 1 saturated heterocycles. The van der Waals surface area contributed by atoms with Crippen molar-refractivity contribution in [2.75, 3.05) is 5.75 Å². The Balaban J connectivity index is 1.83. The first-order valence-corrected chi connectivity index (χ1v) is 9.55. The largest absolute Gasteiger partial charge is 0.267 e. The molecular weight excluding hydrogens is 282 g/mol. The van der Waals surface area contributed by atoms with Crippen LogP contribution in [0.3, 0.4) is 0 Å². The fraction of sp³-hybridized carbons (Fsp3) is 0.647. The molecule has 3 nitrogen and oxygen atoms in total. The van der Waals surface area contributed by atoms with Crippen molar-refractivity contribution in [2.24, 2.45) is 16.7 Å². The topological polar surface area (TPSA) is 37.4 Å². The lowest BCUT2D eigenvalue weighted by Gasteiger charge is -2.37. The molecule has 4 rings (SSSR count). The van der Waals surface area contributed by atoms with Gasteiger partial charge < -0.3 is 0 Å². The summed E-state index contributed by atoms with van der Waals surface area (Å²) in [5, 5.41) is 0. The van der Waals surface area contributed by atoms with Gasteiger partial charge in [0.15, 0.2) is 0 Å². The van der Waals surface area contributed by atoms with Crippen LogP contribution in [0.25, 0.3) is 0 Å². The molecule has 114 valence electrons. The number of rotatable bonds is 1. The van der Waals surface area contributed by atoms with E-state index >= 15 is 0 Å².